The van der Waals surface area contributed by atoms with Crippen LogP contribution in [0.25, 0.3) is 0 Å². The standard InChI is InChI=1S/C16H23N5O/c17-10-14-11-19-21(12-14)9-7-18-15(22)20-8-6-16(13-20)4-2-1-3-5-16/h11-12H,1-9,13H2,(H,18,22). The molecule has 1 saturated heterocycles. The van der Waals surface area contributed by atoms with Gasteiger partial charge in [-0.3, -0.25) is 4.68 Å². The number of urea groups is 1. The maximum Gasteiger partial charge on any atom is 0.317 e. The Morgan fingerprint density at radius 1 is 1.36 bits per heavy atom. The van der Waals surface area contributed by atoms with E-state index in [4.69, 9.17) is 5.26 Å². The second-order valence-corrected chi connectivity index (χ2v) is 6.57. The Morgan fingerprint density at radius 3 is 2.91 bits per heavy atom. The number of nitrogens with zero attached hydrogens (tertiary/aromatic N) is 4. The molecule has 1 aromatic heterocycles. The fourth-order valence-corrected chi connectivity index (χ4v) is 3.75. The quantitative estimate of drug-likeness (QED) is 0.929. The maximum absolute atomic E-state index is 12.3. The summed E-state index contributed by atoms with van der Waals surface area (Å²) in [6.07, 6.45) is 10.9. The Balaban J connectivity index is 1.43. The van der Waals surface area contributed by atoms with Gasteiger partial charge < -0.3 is 10.2 Å². The van der Waals surface area contributed by atoms with E-state index in [0.717, 1.165) is 19.5 Å². The van der Waals surface area contributed by atoms with Crippen molar-refractivity contribution >= 4 is 6.03 Å². The van der Waals surface area contributed by atoms with E-state index in [0.29, 0.717) is 24.1 Å². The van der Waals surface area contributed by atoms with Gasteiger partial charge in [0, 0.05) is 25.8 Å². The Hall–Kier alpha value is -2.03. The van der Waals surface area contributed by atoms with Crippen molar-refractivity contribution in [2.45, 2.75) is 45.1 Å². The van der Waals surface area contributed by atoms with E-state index in [1.165, 1.54) is 38.3 Å². The highest BCUT2D eigenvalue weighted by molar-refractivity contribution is 5.74. The largest absolute Gasteiger partial charge is 0.336 e. The Labute approximate surface area is 131 Å². The van der Waals surface area contributed by atoms with Gasteiger partial charge in [0.05, 0.1) is 18.3 Å². The van der Waals surface area contributed by atoms with Crippen molar-refractivity contribution in [2.75, 3.05) is 19.6 Å². The molecule has 1 spiro atoms. The lowest BCUT2D eigenvalue weighted by molar-refractivity contribution is 0.177. The van der Waals surface area contributed by atoms with Gasteiger partial charge >= 0.3 is 6.03 Å². The van der Waals surface area contributed by atoms with Gasteiger partial charge in [-0.2, -0.15) is 10.4 Å². The normalized spacial score (nSPS) is 20.0. The maximum atomic E-state index is 12.3. The first-order valence-corrected chi connectivity index (χ1v) is 8.16. The van der Waals surface area contributed by atoms with Crippen LogP contribution in [0.2, 0.25) is 0 Å². The summed E-state index contributed by atoms with van der Waals surface area (Å²) in [4.78, 5) is 14.2. The van der Waals surface area contributed by atoms with E-state index in [1.54, 1.807) is 10.9 Å². The zero-order valence-electron chi connectivity index (χ0n) is 12.9. The van der Waals surface area contributed by atoms with Crippen molar-refractivity contribution < 1.29 is 4.79 Å². The second kappa shape index (κ2) is 6.39. The molecule has 2 fully saturated rings. The van der Waals surface area contributed by atoms with Gasteiger partial charge in [0.15, 0.2) is 0 Å². The van der Waals surface area contributed by atoms with Crippen molar-refractivity contribution in [3.8, 4) is 6.07 Å². The molecule has 118 valence electrons. The van der Waals surface area contributed by atoms with Crippen molar-refractivity contribution in [3.05, 3.63) is 18.0 Å². The molecule has 2 heterocycles. The molecule has 0 unspecified atom stereocenters. The topological polar surface area (TPSA) is 74.0 Å². The Morgan fingerprint density at radius 2 is 2.18 bits per heavy atom. The van der Waals surface area contributed by atoms with Crippen LogP contribution in [-0.2, 0) is 6.54 Å². The van der Waals surface area contributed by atoms with E-state index in [9.17, 15) is 4.79 Å². The average Bonchev–Trinajstić information content (AvgIpc) is 3.15. The van der Waals surface area contributed by atoms with Crippen LogP contribution in [0.5, 0.6) is 0 Å². The van der Waals surface area contributed by atoms with Crippen LogP contribution >= 0.6 is 0 Å². The molecular formula is C16H23N5O. The van der Waals surface area contributed by atoms with Crippen LogP contribution in [-0.4, -0.2) is 40.3 Å². The van der Waals surface area contributed by atoms with Crippen molar-refractivity contribution in [2.24, 2.45) is 5.41 Å². The lowest BCUT2D eigenvalue weighted by Gasteiger charge is -2.33. The van der Waals surface area contributed by atoms with Crippen LogP contribution in [0.1, 0.15) is 44.1 Å². The molecule has 6 nitrogen and oxygen atoms in total. The molecule has 1 aliphatic heterocycles. The molecule has 2 aliphatic rings. The number of amides is 2. The van der Waals surface area contributed by atoms with Gasteiger partial charge in [-0.15, -0.1) is 0 Å². The molecule has 1 aromatic rings. The Bertz CT molecular complexity index is 567. The number of carbonyl (C=O) groups excluding carboxylic acids is 1. The minimum Gasteiger partial charge on any atom is -0.336 e. The number of likely N-dealkylation sites (tertiary alicyclic amines) is 1. The predicted molar refractivity (Wildman–Crippen MR) is 82.0 cm³/mol. The number of rotatable bonds is 3. The highest BCUT2D eigenvalue weighted by atomic mass is 16.2. The van der Waals surface area contributed by atoms with Gasteiger partial charge in [0.1, 0.15) is 6.07 Å². The summed E-state index contributed by atoms with van der Waals surface area (Å²) in [7, 11) is 0. The molecule has 3 rings (SSSR count). The van der Waals surface area contributed by atoms with Gasteiger partial charge in [0.25, 0.3) is 0 Å². The van der Waals surface area contributed by atoms with Crippen LogP contribution in [0.3, 0.4) is 0 Å². The molecule has 0 bridgehead atoms. The Kier molecular flexibility index (Phi) is 4.32. The van der Waals surface area contributed by atoms with Gasteiger partial charge in [-0.25, -0.2) is 4.79 Å². The zero-order chi connectivity index (χ0) is 15.4. The third-order valence-electron chi connectivity index (χ3n) is 5.02. The molecule has 22 heavy (non-hydrogen) atoms. The highest BCUT2D eigenvalue weighted by Gasteiger charge is 2.40. The lowest BCUT2D eigenvalue weighted by atomic mass is 9.73. The zero-order valence-corrected chi connectivity index (χ0v) is 12.9. The molecule has 2 amide bonds. The molecule has 1 saturated carbocycles. The van der Waals surface area contributed by atoms with Gasteiger partial charge in [-0.1, -0.05) is 19.3 Å². The number of hydrogen-bond donors (Lipinski definition) is 1. The summed E-state index contributed by atoms with van der Waals surface area (Å²) in [5.41, 5.74) is 0.948. The van der Waals surface area contributed by atoms with Crippen molar-refractivity contribution in [1.82, 2.24) is 20.0 Å². The van der Waals surface area contributed by atoms with Crippen LogP contribution < -0.4 is 5.32 Å². The molecule has 6 heteroatoms. The first-order valence-electron chi connectivity index (χ1n) is 8.16. The third-order valence-corrected chi connectivity index (χ3v) is 5.02. The smallest absolute Gasteiger partial charge is 0.317 e. The summed E-state index contributed by atoms with van der Waals surface area (Å²) in [5, 5.41) is 15.8. The van der Waals surface area contributed by atoms with Gasteiger partial charge in [0.2, 0.25) is 0 Å². The number of nitrogens with one attached hydrogen (secondary N) is 1. The van der Waals surface area contributed by atoms with E-state index >= 15 is 0 Å². The molecule has 0 atom stereocenters. The highest BCUT2D eigenvalue weighted by Crippen LogP contribution is 2.43. The molecule has 0 radical (unpaired) electrons. The number of hydrogen-bond acceptors (Lipinski definition) is 3. The van der Waals surface area contributed by atoms with E-state index in [1.807, 2.05) is 11.0 Å². The fraction of sp³-hybridized carbons (Fsp3) is 0.688. The summed E-state index contributed by atoms with van der Waals surface area (Å²) in [5.74, 6) is 0. The second-order valence-electron chi connectivity index (χ2n) is 6.57. The number of aromatic nitrogens is 2. The lowest BCUT2D eigenvalue weighted by Crippen LogP contribution is -2.41. The third kappa shape index (κ3) is 3.24. The number of nitriles is 1. The first-order chi connectivity index (χ1) is 10.7. The number of carbonyl (C=O) groups is 1. The van der Waals surface area contributed by atoms with Gasteiger partial charge in [-0.05, 0) is 24.7 Å². The summed E-state index contributed by atoms with van der Waals surface area (Å²) < 4.78 is 1.69. The minimum atomic E-state index is 0.0371. The van der Waals surface area contributed by atoms with E-state index in [-0.39, 0.29) is 6.03 Å². The summed E-state index contributed by atoms with van der Waals surface area (Å²) in [6, 6.07) is 2.08. The predicted octanol–water partition coefficient (Wildman–Crippen LogP) is 2.12. The van der Waals surface area contributed by atoms with Crippen molar-refractivity contribution in [1.29, 1.82) is 5.26 Å². The molecule has 1 aliphatic carbocycles. The average molecular weight is 301 g/mol. The molecular weight excluding hydrogens is 278 g/mol. The van der Waals surface area contributed by atoms with E-state index in [2.05, 4.69) is 10.4 Å². The van der Waals surface area contributed by atoms with Crippen molar-refractivity contribution in [3.63, 3.8) is 0 Å². The fourth-order valence-electron chi connectivity index (χ4n) is 3.75. The van der Waals surface area contributed by atoms with E-state index < -0.39 is 0 Å². The van der Waals surface area contributed by atoms with Crippen LogP contribution in [0.4, 0.5) is 4.79 Å². The summed E-state index contributed by atoms with van der Waals surface area (Å²) >= 11 is 0. The summed E-state index contributed by atoms with van der Waals surface area (Å²) in [6.45, 7) is 2.92. The first kappa shape index (κ1) is 14.9. The molecule has 0 aromatic carbocycles. The minimum absolute atomic E-state index is 0.0371. The SMILES string of the molecule is N#Cc1cnn(CCNC(=O)N2CCC3(CCCCC3)C2)c1. The van der Waals surface area contributed by atoms with Crippen LogP contribution in [0, 0.1) is 16.7 Å². The molecule has 1 N–H and O–H groups in total. The monoisotopic (exact) mass is 301 g/mol. The van der Waals surface area contributed by atoms with Crippen LogP contribution in [0.15, 0.2) is 12.4 Å².